The minimum Gasteiger partial charge on any atom is -0.397 e. The number of aryl methyl sites for hydroxylation is 1. The van der Waals surface area contributed by atoms with Gasteiger partial charge in [-0.15, -0.1) is 0 Å². The van der Waals surface area contributed by atoms with Crippen molar-refractivity contribution in [2.24, 2.45) is 4.99 Å². The summed E-state index contributed by atoms with van der Waals surface area (Å²) in [6, 6.07) is 10.2. The molecule has 1 aromatic carbocycles. The molecular formula is C31H41N5O. The van der Waals surface area contributed by atoms with Gasteiger partial charge in [0.1, 0.15) is 0 Å². The number of hydrogen-bond donors (Lipinski definition) is 1. The largest absolute Gasteiger partial charge is 0.397 e. The fourth-order valence-electron chi connectivity index (χ4n) is 4.95. The molecule has 0 radical (unpaired) electrons. The predicted octanol–water partition coefficient (Wildman–Crippen LogP) is 5.53. The van der Waals surface area contributed by atoms with E-state index in [4.69, 9.17) is 5.73 Å². The zero-order valence-electron chi connectivity index (χ0n) is 23.2. The molecule has 3 rings (SSSR count). The fraction of sp³-hybridized carbons (Fsp3) is 0.387. The van der Waals surface area contributed by atoms with Crippen molar-refractivity contribution in [1.82, 2.24) is 14.8 Å². The molecule has 0 bridgehead atoms. The molecule has 2 aromatic rings. The Kier molecular flexibility index (Phi) is 9.59. The molecule has 0 spiro atoms. The Hall–Kier alpha value is -3.51. The van der Waals surface area contributed by atoms with Gasteiger partial charge in [-0.2, -0.15) is 0 Å². The molecule has 37 heavy (non-hydrogen) atoms. The zero-order valence-corrected chi connectivity index (χ0v) is 23.2. The summed E-state index contributed by atoms with van der Waals surface area (Å²) in [6.07, 6.45) is 9.75. The number of hydrogen-bond acceptors (Lipinski definition) is 5. The quantitative estimate of drug-likeness (QED) is 0.383. The van der Waals surface area contributed by atoms with Gasteiger partial charge in [-0.3, -0.25) is 19.7 Å². The van der Waals surface area contributed by atoms with Crippen molar-refractivity contribution in [3.05, 3.63) is 88.8 Å². The van der Waals surface area contributed by atoms with Gasteiger partial charge in [-0.25, -0.2) is 0 Å². The maximum absolute atomic E-state index is 12.3. The Labute approximate surface area is 222 Å². The van der Waals surface area contributed by atoms with Crippen LogP contribution in [0.5, 0.6) is 0 Å². The van der Waals surface area contributed by atoms with E-state index in [1.165, 1.54) is 16.7 Å². The minimum absolute atomic E-state index is 0.0503. The minimum atomic E-state index is 0.0503. The lowest BCUT2D eigenvalue weighted by Gasteiger charge is -2.37. The molecule has 1 amide bonds. The summed E-state index contributed by atoms with van der Waals surface area (Å²) in [6.45, 7) is 13.0. The molecule has 196 valence electrons. The lowest BCUT2D eigenvalue weighted by Crippen LogP contribution is -2.40. The number of carbonyl (C=O) groups excluding carboxylic acids is 1. The average molecular weight is 500 g/mol. The van der Waals surface area contributed by atoms with Gasteiger partial charge in [-0.05, 0) is 99.7 Å². The number of aliphatic imine (C=N–C) groups is 1. The van der Waals surface area contributed by atoms with E-state index in [9.17, 15) is 4.79 Å². The number of anilines is 1. The van der Waals surface area contributed by atoms with Crippen LogP contribution in [0.2, 0.25) is 0 Å². The first-order valence-electron chi connectivity index (χ1n) is 12.9. The van der Waals surface area contributed by atoms with E-state index in [1.54, 1.807) is 38.5 Å². The van der Waals surface area contributed by atoms with Crippen LogP contribution in [0.15, 0.2) is 71.4 Å². The Bertz CT molecular complexity index is 1200. The second kappa shape index (κ2) is 12.6. The maximum Gasteiger partial charge on any atom is 0.253 e. The smallest absolute Gasteiger partial charge is 0.253 e. The molecule has 1 atom stereocenters. The van der Waals surface area contributed by atoms with Crippen molar-refractivity contribution < 1.29 is 4.79 Å². The van der Waals surface area contributed by atoms with Gasteiger partial charge in [0.2, 0.25) is 0 Å². The molecule has 6 nitrogen and oxygen atoms in total. The van der Waals surface area contributed by atoms with E-state index >= 15 is 0 Å². The van der Waals surface area contributed by atoms with Crippen molar-refractivity contribution in [3.8, 4) is 0 Å². The number of rotatable bonds is 8. The SMILES string of the molecule is C=C(/C=C(\C)C(C)N1CCC(c2ccc(C(=O)N(C)C)cc2C)CC1)/C(=C\C=NC)c1ccc(N)cn1. The van der Waals surface area contributed by atoms with Gasteiger partial charge in [0, 0.05) is 44.5 Å². The van der Waals surface area contributed by atoms with Crippen LogP contribution in [-0.4, -0.2) is 67.2 Å². The highest BCUT2D eigenvalue weighted by atomic mass is 16.2. The molecule has 2 heterocycles. The Morgan fingerprint density at radius 3 is 2.51 bits per heavy atom. The number of likely N-dealkylation sites (tertiary alicyclic amines) is 1. The van der Waals surface area contributed by atoms with Crippen molar-refractivity contribution >= 4 is 23.4 Å². The first-order chi connectivity index (χ1) is 17.6. The van der Waals surface area contributed by atoms with E-state index in [1.807, 2.05) is 30.3 Å². The van der Waals surface area contributed by atoms with Crippen molar-refractivity contribution in [3.63, 3.8) is 0 Å². The van der Waals surface area contributed by atoms with Crippen LogP contribution < -0.4 is 5.73 Å². The van der Waals surface area contributed by atoms with Crippen LogP contribution in [0.4, 0.5) is 5.69 Å². The number of nitrogens with two attached hydrogens (primary N) is 1. The van der Waals surface area contributed by atoms with E-state index in [2.05, 4.69) is 54.4 Å². The Balaban J connectivity index is 1.67. The van der Waals surface area contributed by atoms with E-state index in [0.29, 0.717) is 17.6 Å². The number of nitrogen functional groups attached to an aromatic ring is 1. The van der Waals surface area contributed by atoms with Crippen molar-refractivity contribution in [1.29, 1.82) is 0 Å². The van der Waals surface area contributed by atoms with Crippen LogP contribution in [0.25, 0.3) is 5.57 Å². The molecule has 1 unspecified atom stereocenters. The van der Waals surface area contributed by atoms with Gasteiger partial charge in [0.05, 0.1) is 17.6 Å². The summed E-state index contributed by atoms with van der Waals surface area (Å²) in [4.78, 5) is 25.1. The predicted molar refractivity (Wildman–Crippen MR) is 156 cm³/mol. The summed E-state index contributed by atoms with van der Waals surface area (Å²) < 4.78 is 0. The summed E-state index contributed by atoms with van der Waals surface area (Å²) in [7, 11) is 5.33. The molecule has 6 heteroatoms. The highest BCUT2D eigenvalue weighted by Gasteiger charge is 2.26. The first-order valence-corrected chi connectivity index (χ1v) is 12.9. The third-order valence-corrected chi connectivity index (χ3v) is 7.30. The van der Waals surface area contributed by atoms with Gasteiger partial charge in [0.15, 0.2) is 0 Å². The molecule has 1 aliphatic heterocycles. The molecule has 0 aliphatic carbocycles. The number of amides is 1. The third kappa shape index (κ3) is 7.04. The molecule has 1 fully saturated rings. The number of benzene rings is 1. The van der Waals surface area contributed by atoms with Crippen LogP contribution in [0.1, 0.15) is 59.8 Å². The standard InChI is InChI=1S/C31H41N5O/c1-21(18-22(2)29(12-15-33-5)30-11-9-27(32)20-34-30)24(4)36-16-13-25(14-17-36)28-10-8-26(19-23(28)3)31(37)35(6)7/h8-12,15,18-20,24-25H,2,13-14,16-17,32H2,1,3-7H3/b21-18+,29-12+,33-15?. The number of piperidine rings is 1. The molecule has 2 N–H and O–H groups in total. The number of aromatic nitrogens is 1. The van der Waals surface area contributed by atoms with Crippen molar-refractivity contribution in [2.75, 3.05) is 40.0 Å². The zero-order chi connectivity index (χ0) is 27.1. The van der Waals surface area contributed by atoms with Gasteiger partial charge in [-0.1, -0.05) is 24.3 Å². The number of pyridine rings is 1. The monoisotopic (exact) mass is 499 g/mol. The lowest BCUT2D eigenvalue weighted by atomic mass is 9.85. The second-order valence-corrected chi connectivity index (χ2v) is 10.1. The summed E-state index contributed by atoms with van der Waals surface area (Å²) >= 11 is 0. The second-order valence-electron chi connectivity index (χ2n) is 10.1. The number of nitrogens with zero attached hydrogens (tertiary/aromatic N) is 4. The Morgan fingerprint density at radius 2 is 1.95 bits per heavy atom. The normalized spacial score (nSPS) is 16.7. The van der Waals surface area contributed by atoms with E-state index in [-0.39, 0.29) is 5.91 Å². The maximum atomic E-state index is 12.3. The topological polar surface area (TPSA) is 74.8 Å². The van der Waals surface area contributed by atoms with Crippen LogP contribution in [0.3, 0.4) is 0 Å². The van der Waals surface area contributed by atoms with E-state index in [0.717, 1.165) is 48.3 Å². The van der Waals surface area contributed by atoms with Gasteiger partial charge in [0.25, 0.3) is 5.91 Å². The average Bonchev–Trinajstić information content (AvgIpc) is 2.89. The van der Waals surface area contributed by atoms with Crippen LogP contribution >= 0.6 is 0 Å². The molecular weight excluding hydrogens is 458 g/mol. The molecule has 0 saturated carbocycles. The Morgan fingerprint density at radius 1 is 1.24 bits per heavy atom. The highest BCUT2D eigenvalue weighted by Crippen LogP contribution is 2.33. The molecule has 1 aromatic heterocycles. The highest BCUT2D eigenvalue weighted by molar-refractivity contribution is 5.94. The fourth-order valence-corrected chi connectivity index (χ4v) is 4.95. The van der Waals surface area contributed by atoms with E-state index < -0.39 is 0 Å². The van der Waals surface area contributed by atoms with Gasteiger partial charge >= 0.3 is 0 Å². The first kappa shape index (κ1) is 28.1. The van der Waals surface area contributed by atoms with Crippen LogP contribution in [0, 0.1) is 6.92 Å². The number of carbonyl (C=O) groups is 1. The molecule has 1 saturated heterocycles. The lowest BCUT2D eigenvalue weighted by molar-refractivity contribution is 0.0827. The van der Waals surface area contributed by atoms with Crippen molar-refractivity contribution in [2.45, 2.75) is 45.6 Å². The third-order valence-electron chi connectivity index (χ3n) is 7.30. The van der Waals surface area contributed by atoms with Crippen LogP contribution in [-0.2, 0) is 0 Å². The summed E-state index contributed by atoms with van der Waals surface area (Å²) in [5.41, 5.74) is 13.7. The summed E-state index contributed by atoms with van der Waals surface area (Å²) in [5, 5.41) is 0. The van der Waals surface area contributed by atoms with Gasteiger partial charge < -0.3 is 10.6 Å². The number of allylic oxidation sites excluding steroid dienone is 4. The molecule has 1 aliphatic rings. The summed E-state index contributed by atoms with van der Waals surface area (Å²) in [5.74, 6) is 0.569.